The summed E-state index contributed by atoms with van der Waals surface area (Å²) < 4.78 is 32.0. The van der Waals surface area contributed by atoms with Gasteiger partial charge >= 0.3 is 0 Å². The van der Waals surface area contributed by atoms with Crippen molar-refractivity contribution < 1.29 is 8.78 Å². The molecule has 0 amide bonds. The highest BCUT2D eigenvalue weighted by atomic mass is 19.3. The van der Waals surface area contributed by atoms with Gasteiger partial charge in [-0.3, -0.25) is 9.48 Å². The summed E-state index contributed by atoms with van der Waals surface area (Å²) in [5, 5.41) is 5.12. The van der Waals surface area contributed by atoms with Gasteiger partial charge in [0.15, 0.2) is 0 Å². The van der Waals surface area contributed by atoms with E-state index >= 15 is 0 Å². The number of alkyl halides is 2. The summed E-state index contributed by atoms with van der Waals surface area (Å²) in [6.07, 6.45) is 1.55. The fourth-order valence-corrected chi connectivity index (χ4v) is 5.03. The Morgan fingerprint density at radius 2 is 1.77 bits per heavy atom. The Hall–Kier alpha value is -3.68. The summed E-state index contributed by atoms with van der Waals surface area (Å²) in [4.78, 5) is 16.9. The van der Waals surface area contributed by atoms with Crippen LogP contribution in [0, 0.1) is 6.92 Å². The van der Waals surface area contributed by atoms with E-state index in [-0.39, 0.29) is 11.1 Å². The second-order valence-electron chi connectivity index (χ2n) is 9.30. The number of nitrogens with zero attached hydrogens (tertiary/aromatic N) is 5. The van der Waals surface area contributed by atoms with Gasteiger partial charge in [0.2, 0.25) is 0 Å². The van der Waals surface area contributed by atoms with Crippen LogP contribution in [0.3, 0.4) is 0 Å². The zero-order valence-corrected chi connectivity index (χ0v) is 20.6. The normalized spacial score (nSPS) is 13.7. The molecular weight excluding hydrogens is 448 g/mol. The van der Waals surface area contributed by atoms with Gasteiger partial charge in [-0.2, -0.15) is 5.10 Å². The lowest BCUT2D eigenvalue weighted by Gasteiger charge is -2.38. The van der Waals surface area contributed by atoms with E-state index in [4.69, 9.17) is 0 Å². The van der Waals surface area contributed by atoms with Gasteiger partial charge in [0.1, 0.15) is 0 Å². The number of fused-ring (bicyclic) bond motifs is 2. The van der Waals surface area contributed by atoms with Gasteiger partial charge in [-0.1, -0.05) is 6.92 Å². The summed E-state index contributed by atoms with van der Waals surface area (Å²) in [5.74, 6) is 0. The van der Waals surface area contributed by atoms with Crippen molar-refractivity contribution in [2.45, 2.75) is 26.7 Å². The van der Waals surface area contributed by atoms with Crippen molar-refractivity contribution in [1.29, 1.82) is 0 Å². The van der Waals surface area contributed by atoms with E-state index in [1.807, 2.05) is 32.2 Å². The molecule has 5 rings (SSSR count). The maximum atomic E-state index is 14.3. The third kappa shape index (κ3) is 3.77. The first kappa shape index (κ1) is 23.1. The SMILES string of the molecule is CCc1cc(N2CCN(C)c3cc(-c4cnn(C)c4)c(C(F)F)cc32)c2cc(C)c(=O)n(C)c2c1. The molecule has 3 heterocycles. The van der Waals surface area contributed by atoms with Crippen LogP contribution >= 0.6 is 0 Å². The molecule has 6 nitrogen and oxygen atoms in total. The van der Waals surface area contributed by atoms with Crippen LogP contribution in [-0.2, 0) is 20.5 Å². The molecule has 0 spiro atoms. The Labute approximate surface area is 203 Å². The molecule has 1 aliphatic rings. The lowest BCUT2D eigenvalue weighted by molar-refractivity contribution is 0.152. The third-order valence-corrected chi connectivity index (χ3v) is 7.02. The van der Waals surface area contributed by atoms with Crippen molar-refractivity contribution in [3.05, 3.63) is 69.8 Å². The van der Waals surface area contributed by atoms with Crippen LogP contribution in [0.1, 0.15) is 30.0 Å². The van der Waals surface area contributed by atoms with Crippen LogP contribution in [0.5, 0.6) is 0 Å². The van der Waals surface area contributed by atoms with Crippen molar-refractivity contribution >= 4 is 28.0 Å². The van der Waals surface area contributed by atoms with E-state index < -0.39 is 6.43 Å². The van der Waals surface area contributed by atoms with Crippen LogP contribution in [0.15, 0.2) is 47.5 Å². The number of pyridine rings is 1. The highest BCUT2D eigenvalue weighted by Gasteiger charge is 2.28. The number of anilines is 3. The third-order valence-electron chi connectivity index (χ3n) is 7.02. The Kier molecular flexibility index (Phi) is 5.62. The fourth-order valence-electron chi connectivity index (χ4n) is 5.03. The predicted molar refractivity (Wildman–Crippen MR) is 137 cm³/mol. The van der Waals surface area contributed by atoms with Crippen molar-refractivity contribution in [2.75, 3.05) is 29.9 Å². The number of benzene rings is 2. The molecule has 2 aromatic carbocycles. The Morgan fingerprint density at radius 1 is 1.00 bits per heavy atom. The molecule has 0 atom stereocenters. The first-order chi connectivity index (χ1) is 16.7. The summed E-state index contributed by atoms with van der Waals surface area (Å²) in [6.45, 7) is 5.26. The largest absolute Gasteiger partial charge is 0.371 e. The van der Waals surface area contributed by atoms with Gasteiger partial charge < -0.3 is 14.4 Å². The van der Waals surface area contributed by atoms with Gasteiger partial charge in [-0.25, -0.2) is 8.78 Å². The van der Waals surface area contributed by atoms with Crippen LogP contribution in [-0.4, -0.2) is 34.5 Å². The van der Waals surface area contributed by atoms with Crippen LogP contribution in [0.4, 0.5) is 25.8 Å². The highest BCUT2D eigenvalue weighted by molar-refractivity contribution is 5.98. The van der Waals surface area contributed by atoms with E-state index in [1.165, 1.54) is 0 Å². The predicted octanol–water partition coefficient (Wildman–Crippen LogP) is 5.34. The molecule has 0 saturated carbocycles. The number of likely N-dealkylation sites (N-methyl/N-ethyl adjacent to an activating group) is 1. The van der Waals surface area contributed by atoms with E-state index in [0.717, 1.165) is 46.5 Å². The average Bonchev–Trinajstić information content (AvgIpc) is 3.28. The molecule has 0 bridgehead atoms. The van der Waals surface area contributed by atoms with E-state index in [2.05, 4.69) is 27.9 Å². The maximum absolute atomic E-state index is 14.3. The Morgan fingerprint density at radius 3 is 2.43 bits per heavy atom. The standard InChI is InChI=1S/C27H29F2N5O/c1-6-17-10-22-21(9-16(2)27(35)33(22)5)23(11-17)34-8-7-31(3)24-12-19(18-14-30-32(4)15-18)20(26(28)29)13-25(24)34/h9-15,26H,6-8H2,1-5H3. The minimum Gasteiger partial charge on any atom is -0.371 e. The molecule has 2 aromatic heterocycles. The van der Waals surface area contributed by atoms with Gasteiger partial charge in [0.25, 0.3) is 12.0 Å². The van der Waals surface area contributed by atoms with Gasteiger partial charge in [0.05, 0.1) is 28.8 Å². The van der Waals surface area contributed by atoms with E-state index in [1.54, 1.807) is 41.8 Å². The van der Waals surface area contributed by atoms with Crippen molar-refractivity contribution in [1.82, 2.24) is 14.3 Å². The first-order valence-corrected chi connectivity index (χ1v) is 11.8. The molecule has 0 unspecified atom stereocenters. The molecule has 8 heteroatoms. The van der Waals surface area contributed by atoms with Gasteiger partial charge in [0, 0.05) is 62.5 Å². The highest BCUT2D eigenvalue weighted by Crippen LogP contribution is 2.45. The van der Waals surface area contributed by atoms with Crippen LogP contribution < -0.4 is 15.4 Å². The van der Waals surface area contributed by atoms with Crippen LogP contribution in [0.2, 0.25) is 0 Å². The van der Waals surface area contributed by atoms with E-state index in [0.29, 0.717) is 23.2 Å². The molecule has 1 aliphatic heterocycles. The lowest BCUT2D eigenvalue weighted by atomic mass is 9.97. The van der Waals surface area contributed by atoms with Crippen molar-refractivity contribution in [3.63, 3.8) is 0 Å². The minimum absolute atomic E-state index is 0.0171. The molecule has 0 aliphatic carbocycles. The van der Waals surface area contributed by atoms with Gasteiger partial charge in [-0.05, 0) is 54.8 Å². The van der Waals surface area contributed by atoms with Gasteiger partial charge in [-0.15, -0.1) is 0 Å². The minimum atomic E-state index is -2.63. The number of aryl methyl sites for hydroxylation is 4. The molecule has 0 radical (unpaired) electrons. The van der Waals surface area contributed by atoms with Crippen molar-refractivity contribution in [2.24, 2.45) is 14.1 Å². The molecule has 0 N–H and O–H groups in total. The summed E-state index contributed by atoms with van der Waals surface area (Å²) in [7, 11) is 5.55. The molecule has 182 valence electrons. The summed E-state index contributed by atoms with van der Waals surface area (Å²) >= 11 is 0. The number of halogens is 2. The zero-order valence-electron chi connectivity index (χ0n) is 20.6. The first-order valence-electron chi connectivity index (χ1n) is 11.8. The molecule has 0 saturated heterocycles. The summed E-state index contributed by atoms with van der Waals surface area (Å²) in [5.41, 5.74) is 6.25. The Bertz CT molecular complexity index is 1500. The number of rotatable bonds is 4. The average molecular weight is 478 g/mol. The zero-order chi connectivity index (χ0) is 25.0. The smallest absolute Gasteiger partial charge is 0.264 e. The molecule has 4 aromatic rings. The van der Waals surface area contributed by atoms with E-state index in [9.17, 15) is 13.6 Å². The fraction of sp³-hybridized carbons (Fsp3) is 0.333. The monoisotopic (exact) mass is 477 g/mol. The summed E-state index contributed by atoms with van der Waals surface area (Å²) in [6, 6.07) is 9.57. The topological polar surface area (TPSA) is 46.3 Å². The second-order valence-corrected chi connectivity index (χ2v) is 9.30. The second kappa shape index (κ2) is 8.52. The maximum Gasteiger partial charge on any atom is 0.264 e. The van der Waals surface area contributed by atoms with Crippen LogP contribution in [0.25, 0.3) is 22.0 Å². The quantitative estimate of drug-likeness (QED) is 0.398. The molecular formula is C27H29F2N5O. The Balaban J connectivity index is 1.79. The lowest BCUT2D eigenvalue weighted by Crippen LogP contribution is -2.37. The number of hydrogen-bond donors (Lipinski definition) is 0. The van der Waals surface area contributed by atoms with Crippen molar-refractivity contribution in [3.8, 4) is 11.1 Å². The molecule has 0 fully saturated rings. The number of aromatic nitrogens is 3. The number of hydrogen-bond acceptors (Lipinski definition) is 4. The molecule has 35 heavy (non-hydrogen) atoms.